The first-order valence-corrected chi connectivity index (χ1v) is 10.7. The van der Waals surface area contributed by atoms with Gasteiger partial charge in [0.1, 0.15) is 48.3 Å². The average Bonchev–Trinajstić information content (AvgIpc) is 2.78. The van der Waals surface area contributed by atoms with Crippen LogP contribution in [-0.4, -0.2) is 74.3 Å². The van der Waals surface area contributed by atoms with E-state index in [2.05, 4.69) is 10.6 Å². The summed E-state index contributed by atoms with van der Waals surface area (Å²) in [5.74, 6) is -7.69. The first-order chi connectivity index (χ1) is 16.9. The number of unbranched alkanes of at least 4 members (excludes halogenated alkanes) is 1. The second-order valence-electron chi connectivity index (χ2n) is 7.96. The number of carbonyl (C=O) groups excluding carboxylic acids is 3. The van der Waals surface area contributed by atoms with Crippen LogP contribution in [0.2, 0.25) is 0 Å². The Morgan fingerprint density at radius 3 is 2.00 bits per heavy atom. The second kappa shape index (κ2) is 12.5. The molecule has 0 spiro atoms. The van der Waals surface area contributed by atoms with E-state index in [0.29, 0.717) is 12.1 Å². The fourth-order valence-corrected chi connectivity index (χ4v) is 3.42. The summed E-state index contributed by atoms with van der Waals surface area (Å²) in [6.07, 6.45) is 0.508. The predicted molar refractivity (Wildman–Crippen MR) is 124 cm³/mol. The summed E-state index contributed by atoms with van der Waals surface area (Å²) in [7, 11) is 5.82. The quantitative estimate of drug-likeness (QED) is 0.197. The SMILES string of the molecule is [B]c1cc(F)c(C(=O)N[C@@H](CCCCN(C)C(=O)c2c(F)cc(B(O)O)cc2F)C(=O)NC)c(F)c1. The molecule has 2 aromatic rings. The largest absolute Gasteiger partial charge is 0.488 e. The van der Waals surface area contributed by atoms with E-state index in [-0.39, 0.29) is 31.3 Å². The highest BCUT2D eigenvalue weighted by Crippen LogP contribution is 2.15. The molecule has 0 aliphatic heterocycles. The molecule has 2 rings (SSSR count). The van der Waals surface area contributed by atoms with Gasteiger partial charge in [0.25, 0.3) is 11.8 Å². The summed E-state index contributed by atoms with van der Waals surface area (Å²) in [5.41, 5.74) is -2.44. The van der Waals surface area contributed by atoms with Crippen LogP contribution in [0.5, 0.6) is 0 Å². The van der Waals surface area contributed by atoms with E-state index in [4.69, 9.17) is 17.9 Å². The van der Waals surface area contributed by atoms with Gasteiger partial charge in [-0.05, 0) is 49.0 Å². The fourth-order valence-electron chi connectivity index (χ4n) is 3.42. The van der Waals surface area contributed by atoms with Crippen molar-refractivity contribution >= 4 is 43.6 Å². The maximum atomic E-state index is 14.2. The molecule has 0 heterocycles. The summed E-state index contributed by atoms with van der Waals surface area (Å²) in [5, 5.41) is 22.7. The summed E-state index contributed by atoms with van der Waals surface area (Å²) >= 11 is 0. The van der Waals surface area contributed by atoms with Crippen LogP contribution in [0, 0.1) is 23.3 Å². The van der Waals surface area contributed by atoms with Gasteiger partial charge in [-0.25, -0.2) is 17.6 Å². The number of halogens is 4. The zero-order valence-electron chi connectivity index (χ0n) is 19.4. The number of carbonyl (C=O) groups is 3. The molecule has 3 amide bonds. The van der Waals surface area contributed by atoms with E-state index in [1.54, 1.807) is 0 Å². The molecule has 0 fully saturated rings. The molecule has 0 aromatic heterocycles. The molecule has 0 saturated heterocycles. The molecule has 4 N–H and O–H groups in total. The highest BCUT2D eigenvalue weighted by atomic mass is 19.1. The molecule has 8 nitrogen and oxygen atoms in total. The molecule has 0 bridgehead atoms. The van der Waals surface area contributed by atoms with Gasteiger partial charge in [0.15, 0.2) is 0 Å². The first kappa shape index (κ1) is 28.9. The van der Waals surface area contributed by atoms with E-state index in [0.717, 1.165) is 17.0 Å². The van der Waals surface area contributed by atoms with Crippen LogP contribution in [0.4, 0.5) is 17.6 Å². The minimum Gasteiger partial charge on any atom is -0.423 e. The van der Waals surface area contributed by atoms with Crippen LogP contribution in [0.3, 0.4) is 0 Å². The topological polar surface area (TPSA) is 119 Å². The lowest BCUT2D eigenvalue weighted by Crippen LogP contribution is -2.46. The molecule has 0 aliphatic rings. The van der Waals surface area contributed by atoms with E-state index >= 15 is 0 Å². The van der Waals surface area contributed by atoms with Crippen molar-refractivity contribution in [1.82, 2.24) is 15.5 Å². The van der Waals surface area contributed by atoms with Crippen LogP contribution < -0.4 is 21.6 Å². The van der Waals surface area contributed by atoms with E-state index in [1.165, 1.54) is 14.1 Å². The number of hydrogen-bond acceptors (Lipinski definition) is 5. The third-order valence-electron chi connectivity index (χ3n) is 5.32. The molecule has 190 valence electrons. The van der Waals surface area contributed by atoms with Gasteiger partial charge in [0, 0.05) is 20.6 Å². The molecule has 2 radical (unpaired) electrons. The Balaban J connectivity index is 2.00. The Bertz CT molecular complexity index is 1110. The maximum Gasteiger partial charge on any atom is 0.488 e. The molecule has 14 heteroatoms. The van der Waals surface area contributed by atoms with E-state index in [9.17, 15) is 31.9 Å². The van der Waals surface area contributed by atoms with Gasteiger partial charge in [-0.1, -0.05) is 5.46 Å². The van der Waals surface area contributed by atoms with Gasteiger partial charge >= 0.3 is 7.12 Å². The van der Waals surface area contributed by atoms with Gasteiger partial charge in [-0.2, -0.15) is 0 Å². The Kier molecular flexibility index (Phi) is 10.1. The van der Waals surface area contributed by atoms with Crippen molar-refractivity contribution in [3.63, 3.8) is 0 Å². The minimum atomic E-state index is -2.11. The van der Waals surface area contributed by atoms with E-state index < -0.39 is 70.7 Å². The summed E-state index contributed by atoms with van der Waals surface area (Å²) in [6, 6.07) is 1.65. The van der Waals surface area contributed by atoms with Crippen molar-refractivity contribution in [2.75, 3.05) is 20.6 Å². The van der Waals surface area contributed by atoms with Crippen LogP contribution in [-0.2, 0) is 4.79 Å². The first-order valence-electron chi connectivity index (χ1n) is 10.7. The Hall–Kier alpha value is -3.38. The van der Waals surface area contributed by atoms with Crippen molar-refractivity contribution in [3.05, 3.63) is 58.7 Å². The van der Waals surface area contributed by atoms with Gasteiger partial charge in [0.2, 0.25) is 5.91 Å². The van der Waals surface area contributed by atoms with Crippen molar-refractivity contribution in [1.29, 1.82) is 0 Å². The van der Waals surface area contributed by atoms with Crippen molar-refractivity contribution < 1.29 is 42.0 Å². The fraction of sp³-hybridized carbons (Fsp3) is 0.318. The van der Waals surface area contributed by atoms with Gasteiger partial charge < -0.3 is 25.6 Å². The smallest absolute Gasteiger partial charge is 0.423 e. The maximum absolute atomic E-state index is 14.2. The van der Waals surface area contributed by atoms with Gasteiger partial charge in [-0.3, -0.25) is 14.4 Å². The summed E-state index contributed by atoms with van der Waals surface area (Å²) in [6.45, 7) is 0.0116. The number of hydrogen-bond donors (Lipinski definition) is 4. The summed E-state index contributed by atoms with van der Waals surface area (Å²) in [4.78, 5) is 38.0. The minimum absolute atomic E-state index is 0.0116. The van der Waals surface area contributed by atoms with Crippen LogP contribution in [0.15, 0.2) is 24.3 Å². The standard InChI is InChI=1S/C22H23B2F4N3O5/c1-29-20(32)17(30-21(33)18-13(25)7-11(23)8-14(18)26)5-3-4-6-31(2)22(34)19-15(27)9-12(24(35)36)10-16(19)28/h7-10,17,35-36H,3-6H2,1-2H3,(H,29,32)(H,30,33)/t17-/m0/s1. The highest BCUT2D eigenvalue weighted by molar-refractivity contribution is 6.58. The van der Waals surface area contributed by atoms with Gasteiger partial charge in [0.05, 0.1) is 0 Å². The number of nitrogens with one attached hydrogen (secondary N) is 2. The van der Waals surface area contributed by atoms with Crippen LogP contribution in [0.1, 0.15) is 40.0 Å². The number of nitrogens with zero attached hydrogens (tertiary/aromatic N) is 1. The molecule has 2 aromatic carbocycles. The third kappa shape index (κ3) is 7.08. The van der Waals surface area contributed by atoms with Crippen molar-refractivity contribution in [2.45, 2.75) is 25.3 Å². The molecule has 0 unspecified atom stereocenters. The zero-order valence-corrected chi connectivity index (χ0v) is 19.4. The lowest BCUT2D eigenvalue weighted by atomic mass is 9.79. The van der Waals surface area contributed by atoms with Crippen molar-refractivity contribution in [3.8, 4) is 0 Å². The zero-order chi connectivity index (χ0) is 27.2. The number of rotatable bonds is 10. The second-order valence-corrected chi connectivity index (χ2v) is 7.96. The lowest BCUT2D eigenvalue weighted by Gasteiger charge is -2.20. The van der Waals surface area contributed by atoms with Crippen molar-refractivity contribution in [2.24, 2.45) is 0 Å². The van der Waals surface area contributed by atoms with Crippen LogP contribution in [0.25, 0.3) is 0 Å². The Labute approximate surface area is 206 Å². The molecule has 36 heavy (non-hydrogen) atoms. The Morgan fingerprint density at radius 2 is 1.50 bits per heavy atom. The number of benzene rings is 2. The summed E-state index contributed by atoms with van der Waals surface area (Å²) < 4.78 is 56.4. The number of likely N-dealkylation sites (N-methyl/N-ethyl adjacent to an activating group) is 1. The lowest BCUT2D eigenvalue weighted by molar-refractivity contribution is -0.122. The Morgan fingerprint density at radius 1 is 0.972 bits per heavy atom. The van der Waals surface area contributed by atoms with Crippen LogP contribution >= 0.6 is 0 Å². The molecule has 1 atom stereocenters. The van der Waals surface area contributed by atoms with Gasteiger partial charge in [-0.15, -0.1) is 0 Å². The van der Waals surface area contributed by atoms with E-state index in [1.807, 2.05) is 0 Å². The number of amides is 3. The molecule has 0 aliphatic carbocycles. The normalized spacial score (nSPS) is 11.6. The third-order valence-corrected chi connectivity index (χ3v) is 5.32. The predicted octanol–water partition coefficient (Wildman–Crippen LogP) is -0.496. The highest BCUT2D eigenvalue weighted by Gasteiger charge is 2.26. The average molecular weight is 507 g/mol. The monoisotopic (exact) mass is 507 g/mol. The molecular weight excluding hydrogens is 484 g/mol. The molecule has 0 saturated carbocycles. The molecular formula is C22H23B2F4N3O5.